The first kappa shape index (κ1) is 15.2. The molecule has 1 heterocycles. The SMILES string of the molecule is CCN(CCC(=O)O)C(=O)c1ccc2c(c1)OCCCO2. The highest BCUT2D eigenvalue weighted by molar-refractivity contribution is 5.95. The molecular formula is C15H19NO5. The number of carbonyl (C=O) groups is 2. The van der Waals surface area contributed by atoms with E-state index in [1.165, 1.54) is 4.90 Å². The minimum atomic E-state index is -0.917. The van der Waals surface area contributed by atoms with Crippen molar-refractivity contribution < 1.29 is 24.2 Å². The van der Waals surface area contributed by atoms with Crippen molar-refractivity contribution in [2.75, 3.05) is 26.3 Å². The van der Waals surface area contributed by atoms with E-state index in [0.717, 1.165) is 6.42 Å². The fourth-order valence-corrected chi connectivity index (χ4v) is 2.11. The molecule has 0 unspecified atom stereocenters. The Morgan fingerprint density at radius 3 is 2.62 bits per heavy atom. The summed E-state index contributed by atoms with van der Waals surface area (Å²) in [6.07, 6.45) is 0.738. The Balaban J connectivity index is 2.14. The number of amides is 1. The van der Waals surface area contributed by atoms with Crippen molar-refractivity contribution >= 4 is 11.9 Å². The molecule has 1 N–H and O–H groups in total. The molecule has 21 heavy (non-hydrogen) atoms. The van der Waals surface area contributed by atoms with E-state index in [0.29, 0.717) is 36.8 Å². The van der Waals surface area contributed by atoms with E-state index in [2.05, 4.69) is 0 Å². The van der Waals surface area contributed by atoms with Gasteiger partial charge in [0.2, 0.25) is 0 Å². The summed E-state index contributed by atoms with van der Waals surface area (Å²) in [6.45, 7) is 3.63. The van der Waals surface area contributed by atoms with Crippen LogP contribution in [0.25, 0.3) is 0 Å². The molecule has 0 bridgehead atoms. The van der Waals surface area contributed by atoms with Gasteiger partial charge in [-0.25, -0.2) is 0 Å². The number of aliphatic carboxylic acids is 1. The van der Waals surface area contributed by atoms with Gasteiger partial charge in [0.15, 0.2) is 11.5 Å². The van der Waals surface area contributed by atoms with E-state index in [1.807, 2.05) is 6.92 Å². The van der Waals surface area contributed by atoms with E-state index in [1.54, 1.807) is 18.2 Å². The first-order chi connectivity index (χ1) is 10.1. The number of hydrogen-bond acceptors (Lipinski definition) is 4. The van der Waals surface area contributed by atoms with Crippen LogP contribution in [-0.2, 0) is 4.79 Å². The first-order valence-electron chi connectivity index (χ1n) is 7.02. The molecule has 1 amide bonds. The van der Waals surface area contributed by atoms with Gasteiger partial charge in [-0.3, -0.25) is 9.59 Å². The third-order valence-electron chi connectivity index (χ3n) is 3.26. The summed E-state index contributed by atoms with van der Waals surface area (Å²) >= 11 is 0. The Hall–Kier alpha value is -2.24. The Labute approximate surface area is 123 Å². The predicted molar refractivity (Wildman–Crippen MR) is 75.9 cm³/mol. The molecule has 0 saturated carbocycles. The average molecular weight is 293 g/mol. The third kappa shape index (κ3) is 3.87. The summed E-state index contributed by atoms with van der Waals surface area (Å²) in [6, 6.07) is 5.06. The molecule has 1 aromatic carbocycles. The van der Waals surface area contributed by atoms with E-state index >= 15 is 0 Å². The van der Waals surface area contributed by atoms with Crippen LogP contribution in [0, 0.1) is 0 Å². The second-order valence-corrected chi connectivity index (χ2v) is 4.74. The smallest absolute Gasteiger partial charge is 0.305 e. The Morgan fingerprint density at radius 2 is 1.95 bits per heavy atom. The van der Waals surface area contributed by atoms with E-state index in [9.17, 15) is 9.59 Å². The van der Waals surface area contributed by atoms with Crippen LogP contribution >= 0.6 is 0 Å². The highest BCUT2D eigenvalue weighted by Gasteiger charge is 2.18. The minimum Gasteiger partial charge on any atom is -0.490 e. The maximum atomic E-state index is 12.4. The zero-order chi connectivity index (χ0) is 15.2. The fraction of sp³-hybridized carbons (Fsp3) is 0.467. The second-order valence-electron chi connectivity index (χ2n) is 4.74. The monoisotopic (exact) mass is 293 g/mol. The van der Waals surface area contributed by atoms with Crippen molar-refractivity contribution in [2.24, 2.45) is 0 Å². The van der Waals surface area contributed by atoms with Crippen molar-refractivity contribution in [3.63, 3.8) is 0 Å². The van der Waals surface area contributed by atoms with E-state index in [4.69, 9.17) is 14.6 Å². The summed E-state index contributed by atoms with van der Waals surface area (Å²) in [4.78, 5) is 24.5. The number of nitrogens with zero attached hydrogens (tertiary/aromatic N) is 1. The summed E-state index contributed by atoms with van der Waals surface area (Å²) in [5.74, 6) is 0.0829. The van der Waals surface area contributed by atoms with E-state index in [-0.39, 0.29) is 18.9 Å². The zero-order valence-corrected chi connectivity index (χ0v) is 12.0. The largest absolute Gasteiger partial charge is 0.490 e. The molecule has 1 aromatic rings. The van der Waals surface area contributed by atoms with Gasteiger partial charge < -0.3 is 19.5 Å². The summed E-state index contributed by atoms with van der Waals surface area (Å²) in [7, 11) is 0. The van der Waals surface area contributed by atoms with Gasteiger partial charge in [0.05, 0.1) is 19.6 Å². The molecular weight excluding hydrogens is 274 g/mol. The number of rotatable bonds is 5. The fourth-order valence-electron chi connectivity index (χ4n) is 2.11. The molecule has 0 aromatic heterocycles. The number of hydrogen-bond donors (Lipinski definition) is 1. The average Bonchev–Trinajstić information content (AvgIpc) is 2.71. The van der Waals surface area contributed by atoms with Crippen molar-refractivity contribution in [3.05, 3.63) is 23.8 Å². The lowest BCUT2D eigenvalue weighted by atomic mass is 10.1. The van der Waals surface area contributed by atoms with Crippen LogP contribution in [-0.4, -0.2) is 48.2 Å². The molecule has 114 valence electrons. The molecule has 2 rings (SSSR count). The van der Waals surface area contributed by atoms with Gasteiger partial charge >= 0.3 is 5.97 Å². The van der Waals surface area contributed by atoms with Crippen molar-refractivity contribution in [3.8, 4) is 11.5 Å². The molecule has 0 aliphatic carbocycles. The Morgan fingerprint density at radius 1 is 1.24 bits per heavy atom. The lowest BCUT2D eigenvalue weighted by Crippen LogP contribution is -2.32. The highest BCUT2D eigenvalue weighted by atomic mass is 16.5. The minimum absolute atomic E-state index is 0.0653. The predicted octanol–water partition coefficient (Wildman–Crippen LogP) is 1.78. The standard InChI is InChI=1S/C15H19NO5/c1-2-16(7-6-14(17)18)15(19)11-4-5-12-13(10-11)21-9-3-8-20-12/h4-5,10H,2-3,6-9H2,1H3,(H,17,18). The van der Waals surface area contributed by atoms with Crippen molar-refractivity contribution in [1.29, 1.82) is 0 Å². The van der Waals surface area contributed by atoms with Gasteiger partial charge in [-0.15, -0.1) is 0 Å². The number of carboxylic acid groups (broad SMARTS) is 1. The lowest BCUT2D eigenvalue weighted by Gasteiger charge is -2.20. The molecule has 0 atom stereocenters. The van der Waals surface area contributed by atoms with Gasteiger partial charge in [0.25, 0.3) is 5.91 Å². The molecule has 6 nitrogen and oxygen atoms in total. The van der Waals surface area contributed by atoms with Gasteiger partial charge in [0, 0.05) is 25.1 Å². The van der Waals surface area contributed by atoms with Crippen LogP contribution in [0.4, 0.5) is 0 Å². The molecule has 1 aliphatic heterocycles. The number of carboxylic acids is 1. The van der Waals surface area contributed by atoms with Crippen LogP contribution in [0.5, 0.6) is 11.5 Å². The molecule has 0 spiro atoms. The lowest BCUT2D eigenvalue weighted by molar-refractivity contribution is -0.137. The quantitative estimate of drug-likeness (QED) is 0.895. The topological polar surface area (TPSA) is 76.1 Å². The number of benzene rings is 1. The summed E-state index contributed by atoms with van der Waals surface area (Å²) < 4.78 is 11.1. The second kappa shape index (κ2) is 6.97. The normalized spacial score (nSPS) is 13.4. The van der Waals surface area contributed by atoms with Gasteiger partial charge in [-0.2, -0.15) is 0 Å². The van der Waals surface area contributed by atoms with Crippen LogP contribution < -0.4 is 9.47 Å². The van der Waals surface area contributed by atoms with E-state index < -0.39 is 5.97 Å². The number of fused-ring (bicyclic) bond motifs is 1. The van der Waals surface area contributed by atoms with Crippen LogP contribution in [0.15, 0.2) is 18.2 Å². The number of carbonyl (C=O) groups excluding carboxylic acids is 1. The van der Waals surface area contributed by atoms with Crippen LogP contribution in [0.1, 0.15) is 30.1 Å². The summed E-state index contributed by atoms with van der Waals surface area (Å²) in [5, 5.41) is 8.73. The maximum Gasteiger partial charge on any atom is 0.305 e. The van der Waals surface area contributed by atoms with Gasteiger partial charge in [-0.1, -0.05) is 0 Å². The van der Waals surface area contributed by atoms with Gasteiger partial charge in [-0.05, 0) is 25.1 Å². The summed E-state index contributed by atoms with van der Waals surface area (Å²) in [5.41, 5.74) is 0.478. The first-order valence-corrected chi connectivity index (χ1v) is 7.02. The van der Waals surface area contributed by atoms with Crippen LogP contribution in [0.3, 0.4) is 0 Å². The zero-order valence-electron chi connectivity index (χ0n) is 12.0. The third-order valence-corrected chi connectivity index (χ3v) is 3.26. The highest BCUT2D eigenvalue weighted by Crippen LogP contribution is 2.30. The maximum absolute atomic E-state index is 12.4. The molecule has 1 aliphatic rings. The van der Waals surface area contributed by atoms with Crippen molar-refractivity contribution in [2.45, 2.75) is 19.8 Å². The Bertz CT molecular complexity index is 529. The molecule has 6 heteroatoms. The molecule has 0 fully saturated rings. The van der Waals surface area contributed by atoms with Crippen LogP contribution in [0.2, 0.25) is 0 Å². The molecule has 0 saturated heterocycles. The van der Waals surface area contributed by atoms with Crippen molar-refractivity contribution in [1.82, 2.24) is 4.90 Å². The Kier molecular flexibility index (Phi) is 5.03. The number of ether oxygens (including phenoxy) is 2. The molecule has 0 radical (unpaired) electrons. The van der Waals surface area contributed by atoms with Gasteiger partial charge in [0.1, 0.15) is 0 Å².